The Bertz CT molecular complexity index is 626. The van der Waals surface area contributed by atoms with Crippen LogP contribution >= 0.6 is 11.3 Å². The van der Waals surface area contributed by atoms with E-state index in [2.05, 4.69) is 25.0 Å². The minimum atomic E-state index is -0.927. The zero-order valence-electron chi connectivity index (χ0n) is 11.7. The number of carboxylic acids is 1. The van der Waals surface area contributed by atoms with Crippen molar-refractivity contribution in [2.75, 3.05) is 0 Å². The summed E-state index contributed by atoms with van der Waals surface area (Å²) in [6.07, 6.45) is 4.69. The van der Waals surface area contributed by atoms with E-state index in [-0.39, 0.29) is 0 Å². The molecule has 2 rings (SSSR count). The van der Waals surface area contributed by atoms with Gasteiger partial charge in [-0.3, -0.25) is 4.68 Å². The summed E-state index contributed by atoms with van der Waals surface area (Å²) < 4.78 is 2.02. The van der Waals surface area contributed by atoms with E-state index in [9.17, 15) is 4.79 Å². The molecule has 0 aliphatic heterocycles. The van der Waals surface area contributed by atoms with Crippen LogP contribution in [0.5, 0.6) is 0 Å². The average molecular weight is 290 g/mol. The second kappa shape index (κ2) is 6.52. The molecule has 0 amide bonds. The summed E-state index contributed by atoms with van der Waals surface area (Å²) in [5.41, 5.74) is 3.26. The Balaban J connectivity index is 2.24. The SMILES string of the molecule is CCc1cc(CC)n(Cc2sccc2/C=C/C(=O)O)n1. The number of aliphatic carboxylic acids is 1. The van der Waals surface area contributed by atoms with Gasteiger partial charge in [-0.2, -0.15) is 5.10 Å². The van der Waals surface area contributed by atoms with Crippen molar-refractivity contribution in [3.8, 4) is 0 Å². The molecule has 1 N–H and O–H groups in total. The summed E-state index contributed by atoms with van der Waals surface area (Å²) in [4.78, 5) is 11.7. The third kappa shape index (κ3) is 3.36. The van der Waals surface area contributed by atoms with Crippen molar-refractivity contribution >= 4 is 23.4 Å². The summed E-state index contributed by atoms with van der Waals surface area (Å²) in [6.45, 7) is 4.91. The van der Waals surface area contributed by atoms with Crippen molar-refractivity contribution < 1.29 is 9.90 Å². The number of thiophene rings is 1. The summed E-state index contributed by atoms with van der Waals surface area (Å²) >= 11 is 1.63. The molecule has 106 valence electrons. The van der Waals surface area contributed by atoms with Crippen LogP contribution < -0.4 is 0 Å². The van der Waals surface area contributed by atoms with Crippen LogP contribution in [0.2, 0.25) is 0 Å². The summed E-state index contributed by atoms with van der Waals surface area (Å²) in [5.74, 6) is -0.927. The smallest absolute Gasteiger partial charge is 0.328 e. The van der Waals surface area contributed by atoms with Gasteiger partial charge in [-0.15, -0.1) is 11.3 Å². The lowest BCUT2D eigenvalue weighted by Crippen LogP contribution is -2.05. The van der Waals surface area contributed by atoms with Crippen molar-refractivity contribution in [1.29, 1.82) is 0 Å². The van der Waals surface area contributed by atoms with Crippen LogP contribution in [0, 0.1) is 0 Å². The fraction of sp³-hybridized carbons (Fsp3) is 0.333. The second-order valence-electron chi connectivity index (χ2n) is 4.46. The lowest BCUT2D eigenvalue weighted by molar-refractivity contribution is -0.131. The number of hydrogen-bond donors (Lipinski definition) is 1. The molecule has 0 saturated carbocycles. The molecule has 4 nitrogen and oxygen atoms in total. The number of rotatable bonds is 6. The summed E-state index contributed by atoms with van der Waals surface area (Å²) in [6, 6.07) is 4.08. The zero-order chi connectivity index (χ0) is 14.5. The minimum Gasteiger partial charge on any atom is -0.478 e. The Morgan fingerprint density at radius 1 is 1.45 bits per heavy atom. The third-order valence-electron chi connectivity index (χ3n) is 3.12. The van der Waals surface area contributed by atoms with E-state index in [1.54, 1.807) is 17.4 Å². The summed E-state index contributed by atoms with van der Waals surface area (Å²) in [7, 11) is 0. The Labute approximate surface area is 122 Å². The molecule has 0 radical (unpaired) electrons. The van der Waals surface area contributed by atoms with Gasteiger partial charge in [-0.05, 0) is 42.0 Å². The highest BCUT2D eigenvalue weighted by atomic mass is 32.1. The molecule has 0 aromatic carbocycles. The third-order valence-corrected chi connectivity index (χ3v) is 4.04. The molecular weight excluding hydrogens is 272 g/mol. The molecule has 0 atom stereocenters. The lowest BCUT2D eigenvalue weighted by atomic mass is 10.2. The molecule has 0 saturated heterocycles. The van der Waals surface area contributed by atoms with Crippen molar-refractivity contribution in [1.82, 2.24) is 9.78 Å². The van der Waals surface area contributed by atoms with Crippen molar-refractivity contribution in [2.24, 2.45) is 0 Å². The highest BCUT2D eigenvalue weighted by Gasteiger charge is 2.09. The molecule has 0 aliphatic carbocycles. The molecular formula is C15H18N2O2S. The predicted octanol–water partition coefficient (Wildman–Crippen LogP) is 3.22. The minimum absolute atomic E-state index is 0.695. The van der Waals surface area contributed by atoms with Gasteiger partial charge in [-0.1, -0.05) is 13.8 Å². The van der Waals surface area contributed by atoms with E-state index in [1.807, 2.05) is 16.1 Å². The largest absolute Gasteiger partial charge is 0.478 e. The molecule has 0 fully saturated rings. The van der Waals surface area contributed by atoms with Gasteiger partial charge >= 0.3 is 5.97 Å². The molecule has 0 bridgehead atoms. The lowest BCUT2D eigenvalue weighted by Gasteiger charge is -2.05. The molecule has 5 heteroatoms. The fourth-order valence-corrected chi connectivity index (χ4v) is 2.88. The van der Waals surface area contributed by atoms with Gasteiger partial charge in [0.2, 0.25) is 0 Å². The van der Waals surface area contributed by atoms with Gasteiger partial charge in [0.25, 0.3) is 0 Å². The monoisotopic (exact) mass is 290 g/mol. The summed E-state index contributed by atoms with van der Waals surface area (Å²) in [5, 5.41) is 15.3. The van der Waals surface area contributed by atoms with Crippen LogP contribution in [0.4, 0.5) is 0 Å². The molecule has 0 spiro atoms. The zero-order valence-corrected chi connectivity index (χ0v) is 12.5. The first kappa shape index (κ1) is 14.5. The Morgan fingerprint density at radius 2 is 2.25 bits per heavy atom. The number of nitrogens with zero attached hydrogens (tertiary/aromatic N) is 2. The van der Waals surface area contributed by atoms with Gasteiger partial charge in [0.05, 0.1) is 12.2 Å². The van der Waals surface area contributed by atoms with Crippen molar-refractivity contribution in [2.45, 2.75) is 33.2 Å². The first-order valence-electron chi connectivity index (χ1n) is 6.67. The predicted molar refractivity (Wildman–Crippen MR) is 81.1 cm³/mol. The number of aromatic nitrogens is 2. The van der Waals surface area contributed by atoms with Gasteiger partial charge in [0.15, 0.2) is 0 Å². The first-order chi connectivity index (χ1) is 9.63. The standard InChI is InChI=1S/C15H18N2O2S/c1-3-12-9-13(4-2)17(16-12)10-14-11(7-8-20-14)5-6-15(18)19/h5-9H,3-4,10H2,1-2H3,(H,18,19)/b6-5+. The van der Waals surface area contributed by atoms with Gasteiger partial charge in [0, 0.05) is 16.6 Å². The van der Waals surface area contributed by atoms with Crippen LogP contribution in [-0.4, -0.2) is 20.9 Å². The maximum atomic E-state index is 10.6. The molecule has 2 aromatic heterocycles. The van der Waals surface area contributed by atoms with Crippen LogP contribution in [-0.2, 0) is 24.2 Å². The van der Waals surface area contributed by atoms with E-state index in [4.69, 9.17) is 5.11 Å². The number of hydrogen-bond acceptors (Lipinski definition) is 3. The Hall–Kier alpha value is -1.88. The molecule has 0 unspecified atom stereocenters. The number of aryl methyl sites for hydroxylation is 2. The van der Waals surface area contributed by atoms with E-state index in [0.717, 1.165) is 29.0 Å². The number of carbonyl (C=O) groups is 1. The normalized spacial score (nSPS) is 11.3. The van der Waals surface area contributed by atoms with E-state index in [1.165, 1.54) is 11.8 Å². The quantitative estimate of drug-likeness (QED) is 0.831. The fourth-order valence-electron chi connectivity index (χ4n) is 2.03. The Morgan fingerprint density at radius 3 is 2.90 bits per heavy atom. The van der Waals surface area contributed by atoms with Crippen LogP contribution in [0.1, 0.15) is 35.7 Å². The van der Waals surface area contributed by atoms with Crippen molar-refractivity contribution in [3.63, 3.8) is 0 Å². The molecule has 2 aromatic rings. The second-order valence-corrected chi connectivity index (χ2v) is 5.46. The maximum Gasteiger partial charge on any atom is 0.328 e. The van der Waals surface area contributed by atoms with Crippen LogP contribution in [0.25, 0.3) is 6.08 Å². The molecule has 20 heavy (non-hydrogen) atoms. The van der Waals surface area contributed by atoms with E-state index < -0.39 is 5.97 Å². The van der Waals surface area contributed by atoms with Crippen molar-refractivity contribution in [3.05, 3.63) is 45.4 Å². The maximum absolute atomic E-state index is 10.6. The van der Waals surface area contributed by atoms with E-state index in [0.29, 0.717) is 6.54 Å². The van der Waals surface area contributed by atoms with Crippen LogP contribution in [0.15, 0.2) is 23.6 Å². The van der Waals surface area contributed by atoms with Gasteiger partial charge in [-0.25, -0.2) is 4.79 Å². The topological polar surface area (TPSA) is 55.1 Å². The van der Waals surface area contributed by atoms with Gasteiger partial charge in [0.1, 0.15) is 0 Å². The average Bonchev–Trinajstić information content (AvgIpc) is 3.03. The van der Waals surface area contributed by atoms with Crippen LogP contribution in [0.3, 0.4) is 0 Å². The highest BCUT2D eigenvalue weighted by Crippen LogP contribution is 2.20. The van der Waals surface area contributed by atoms with E-state index >= 15 is 0 Å². The van der Waals surface area contributed by atoms with Gasteiger partial charge < -0.3 is 5.11 Å². The number of carboxylic acid groups (broad SMARTS) is 1. The molecule has 2 heterocycles. The molecule has 0 aliphatic rings. The first-order valence-corrected chi connectivity index (χ1v) is 7.55. The Kier molecular flexibility index (Phi) is 4.74. The highest BCUT2D eigenvalue weighted by molar-refractivity contribution is 7.10.